The number of benzene rings is 2. The van der Waals surface area contributed by atoms with Crippen LogP contribution in [0.2, 0.25) is 0 Å². The Morgan fingerprint density at radius 3 is 2.30 bits per heavy atom. The lowest BCUT2D eigenvalue weighted by molar-refractivity contribution is -0.118. The lowest BCUT2D eigenvalue weighted by Crippen LogP contribution is -2.40. The van der Waals surface area contributed by atoms with Crippen molar-refractivity contribution in [3.63, 3.8) is 0 Å². The minimum atomic E-state index is -0.324. The molecule has 3 nitrogen and oxygen atoms in total. The third-order valence-corrected chi connectivity index (χ3v) is 5.55. The first-order valence-electron chi connectivity index (χ1n) is 10.3. The van der Waals surface area contributed by atoms with E-state index in [4.69, 9.17) is 0 Å². The van der Waals surface area contributed by atoms with E-state index in [1.807, 2.05) is 43.3 Å². The third kappa shape index (κ3) is 5.67. The van der Waals surface area contributed by atoms with Crippen LogP contribution in [0.5, 0.6) is 0 Å². The molecule has 1 amide bonds. The Morgan fingerprint density at radius 2 is 1.59 bits per heavy atom. The molecule has 2 aromatic carbocycles. The predicted molar refractivity (Wildman–Crippen MR) is 113 cm³/mol. The van der Waals surface area contributed by atoms with E-state index in [1.165, 1.54) is 32.1 Å². The summed E-state index contributed by atoms with van der Waals surface area (Å²) in [5, 5.41) is 6.85. The Morgan fingerprint density at radius 1 is 0.926 bits per heavy atom. The number of carbonyl (C=O) groups is 1. The van der Waals surface area contributed by atoms with Gasteiger partial charge in [-0.05, 0) is 49.4 Å². The molecule has 1 saturated carbocycles. The van der Waals surface area contributed by atoms with Crippen LogP contribution in [0.3, 0.4) is 0 Å². The van der Waals surface area contributed by atoms with E-state index in [1.54, 1.807) is 0 Å². The number of amides is 1. The first-order valence-corrected chi connectivity index (χ1v) is 10.3. The van der Waals surface area contributed by atoms with E-state index < -0.39 is 0 Å². The largest absolute Gasteiger partial charge is 0.324 e. The van der Waals surface area contributed by atoms with Gasteiger partial charge in [-0.1, -0.05) is 74.6 Å². The van der Waals surface area contributed by atoms with Gasteiger partial charge in [0.25, 0.3) is 0 Å². The summed E-state index contributed by atoms with van der Waals surface area (Å²) in [6.07, 6.45) is 8.77. The average molecular weight is 365 g/mol. The fourth-order valence-electron chi connectivity index (χ4n) is 3.90. The number of rotatable bonds is 5. The second kappa shape index (κ2) is 9.70. The van der Waals surface area contributed by atoms with E-state index in [2.05, 4.69) is 29.7 Å². The number of hydrogen-bond acceptors (Lipinski definition) is 2. The topological polar surface area (TPSA) is 41.1 Å². The number of carbonyl (C=O) groups excluding carboxylic acids is 1. The molecule has 2 N–H and O–H groups in total. The van der Waals surface area contributed by atoms with Gasteiger partial charge in [-0.15, -0.1) is 0 Å². The van der Waals surface area contributed by atoms with Crippen LogP contribution in [0.1, 0.15) is 67.7 Å². The Bertz CT molecular complexity index is 733. The molecular formula is C24H32N2O. The molecule has 1 fully saturated rings. The standard InChI is InChI=1S/C24H32N2O/c1-18-15-16-19(2)22(17-18)26-24(27)23(20-11-7-6-8-12-20)25-21-13-9-4-3-5-10-14-21/h6-8,11-12,15-17,21,23,25H,3-5,9-10,13-14H2,1-2H3,(H,26,27)/t23-/m1/s1. The number of aryl methyl sites for hydroxylation is 2. The molecule has 1 aliphatic rings. The SMILES string of the molecule is Cc1ccc(C)c(NC(=O)[C@H](NC2CCCCCCC2)c2ccccc2)c1. The van der Waals surface area contributed by atoms with Crippen molar-refractivity contribution in [2.75, 3.05) is 5.32 Å². The summed E-state index contributed by atoms with van der Waals surface area (Å²) in [5.74, 6) is 0.0250. The molecule has 0 aliphatic heterocycles. The van der Waals surface area contributed by atoms with Crippen LogP contribution in [-0.4, -0.2) is 11.9 Å². The minimum absolute atomic E-state index is 0.0250. The molecule has 0 saturated heterocycles. The first kappa shape index (κ1) is 19.6. The van der Waals surface area contributed by atoms with Crippen LogP contribution in [0.15, 0.2) is 48.5 Å². The van der Waals surface area contributed by atoms with Gasteiger partial charge < -0.3 is 5.32 Å². The van der Waals surface area contributed by atoms with Crippen LogP contribution in [0.4, 0.5) is 5.69 Å². The second-order valence-corrected chi connectivity index (χ2v) is 7.86. The zero-order chi connectivity index (χ0) is 19.1. The van der Waals surface area contributed by atoms with Gasteiger partial charge in [-0.2, -0.15) is 0 Å². The first-order chi connectivity index (χ1) is 13.1. The smallest absolute Gasteiger partial charge is 0.246 e. The second-order valence-electron chi connectivity index (χ2n) is 7.86. The Labute approximate surface area is 163 Å². The van der Waals surface area contributed by atoms with Crippen molar-refractivity contribution in [3.8, 4) is 0 Å². The Kier molecular flexibility index (Phi) is 7.05. The molecule has 1 aliphatic carbocycles. The molecule has 2 aromatic rings. The van der Waals surface area contributed by atoms with Crippen molar-refractivity contribution in [3.05, 3.63) is 65.2 Å². The molecule has 0 aromatic heterocycles. The van der Waals surface area contributed by atoms with Gasteiger partial charge in [-0.3, -0.25) is 10.1 Å². The van der Waals surface area contributed by atoms with Crippen molar-refractivity contribution < 1.29 is 4.79 Å². The van der Waals surface area contributed by atoms with Crippen LogP contribution in [-0.2, 0) is 4.79 Å². The van der Waals surface area contributed by atoms with Gasteiger partial charge in [0.05, 0.1) is 0 Å². The molecule has 3 heteroatoms. The number of hydrogen-bond donors (Lipinski definition) is 2. The highest BCUT2D eigenvalue weighted by Crippen LogP contribution is 2.23. The number of nitrogens with one attached hydrogen (secondary N) is 2. The summed E-state index contributed by atoms with van der Waals surface area (Å²) in [7, 11) is 0. The van der Waals surface area contributed by atoms with Crippen molar-refractivity contribution in [2.45, 2.75) is 70.9 Å². The van der Waals surface area contributed by atoms with Crippen molar-refractivity contribution in [2.24, 2.45) is 0 Å². The lowest BCUT2D eigenvalue weighted by atomic mass is 9.95. The van der Waals surface area contributed by atoms with Gasteiger partial charge >= 0.3 is 0 Å². The quantitative estimate of drug-likeness (QED) is 0.716. The van der Waals surface area contributed by atoms with Gasteiger partial charge in [-0.25, -0.2) is 0 Å². The van der Waals surface area contributed by atoms with Crippen molar-refractivity contribution in [1.82, 2.24) is 5.32 Å². The molecular weight excluding hydrogens is 332 g/mol. The fraction of sp³-hybridized carbons (Fsp3) is 0.458. The highest BCUT2D eigenvalue weighted by Gasteiger charge is 2.24. The maximum Gasteiger partial charge on any atom is 0.246 e. The molecule has 27 heavy (non-hydrogen) atoms. The molecule has 0 heterocycles. The molecule has 0 radical (unpaired) electrons. The predicted octanol–water partition coefficient (Wildman–Crippen LogP) is 5.69. The van der Waals surface area contributed by atoms with Gasteiger partial charge in [0.1, 0.15) is 6.04 Å². The normalized spacial score (nSPS) is 17.0. The summed E-state index contributed by atoms with van der Waals surface area (Å²) in [6.45, 7) is 4.09. The monoisotopic (exact) mass is 364 g/mol. The van der Waals surface area contributed by atoms with Crippen molar-refractivity contribution in [1.29, 1.82) is 0 Å². The van der Waals surface area contributed by atoms with Gasteiger partial charge in [0.15, 0.2) is 0 Å². The zero-order valence-corrected chi connectivity index (χ0v) is 16.6. The molecule has 0 spiro atoms. The Balaban J connectivity index is 1.78. The highest BCUT2D eigenvalue weighted by atomic mass is 16.2. The summed E-state index contributed by atoms with van der Waals surface area (Å²) in [4.78, 5) is 13.2. The van der Waals surface area contributed by atoms with E-state index in [-0.39, 0.29) is 11.9 Å². The van der Waals surface area contributed by atoms with Crippen LogP contribution >= 0.6 is 0 Å². The van der Waals surface area contributed by atoms with Crippen LogP contribution < -0.4 is 10.6 Å². The fourth-order valence-corrected chi connectivity index (χ4v) is 3.90. The molecule has 0 bridgehead atoms. The minimum Gasteiger partial charge on any atom is -0.324 e. The van der Waals surface area contributed by atoms with Gasteiger partial charge in [0.2, 0.25) is 5.91 Å². The number of anilines is 1. The Hall–Kier alpha value is -2.13. The summed E-state index contributed by atoms with van der Waals surface area (Å²) in [6, 6.07) is 16.4. The van der Waals surface area contributed by atoms with Crippen molar-refractivity contribution >= 4 is 11.6 Å². The summed E-state index contributed by atoms with van der Waals surface area (Å²) >= 11 is 0. The van der Waals surface area contributed by atoms with Crippen LogP contribution in [0.25, 0.3) is 0 Å². The highest BCUT2D eigenvalue weighted by molar-refractivity contribution is 5.96. The van der Waals surface area contributed by atoms with Gasteiger partial charge in [0, 0.05) is 11.7 Å². The maximum atomic E-state index is 13.2. The van der Waals surface area contributed by atoms with Crippen LogP contribution in [0, 0.1) is 13.8 Å². The lowest BCUT2D eigenvalue weighted by Gasteiger charge is -2.27. The molecule has 144 valence electrons. The summed E-state index contributed by atoms with van der Waals surface area (Å²) in [5.41, 5.74) is 4.18. The maximum absolute atomic E-state index is 13.2. The molecule has 1 atom stereocenters. The van der Waals surface area contributed by atoms with E-state index in [9.17, 15) is 4.79 Å². The van der Waals surface area contributed by atoms with E-state index in [0.717, 1.165) is 35.2 Å². The average Bonchev–Trinajstić information content (AvgIpc) is 2.64. The summed E-state index contributed by atoms with van der Waals surface area (Å²) < 4.78 is 0. The molecule has 0 unspecified atom stereocenters. The van der Waals surface area contributed by atoms with E-state index in [0.29, 0.717) is 6.04 Å². The third-order valence-electron chi connectivity index (χ3n) is 5.55. The molecule has 3 rings (SSSR count). The zero-order valence-electron chi connectivity index (χ0n) is 16.6. The van der Waals surface area contributed by atoms with E-state index >= 15 is 0 Å².